The minimum atomic E-state index is -0.762. The summed E-state index contributed by atoms with van der Waals surface area (Å²) in [6.45, 7) is 6.73. The summed E-state index contributed by atoms with van der Waals surface area (Å²) in [5, 5.41) is 0. The molecule has 0 aromatic heterocycles. The Kier molecular flexibility index (Phi) is 59.6. The van der Waals surface area contributed by atoms with Gasteiger partial charge in [0.05, 0.1) is 0 Å². The zero-order valence-electron chi connectivity index (χ0n) is 48.5. The van der Waals surface area contributed by atoms with Crippen molar-refractivity contribution in [3.63, 3.8) is 0 Å². The summed E-state index contributed by atoms with van der Waals surface area (Å²) < 4.78 is 17.0. The largest absolute Gasteiger partial charge is 0.462 e. The Morgan fingerprint density at radius 2 is 0.380 bits per heavy atom. The number of rotatable bonds is 61. The molecule has 71 heavy (non-hydrogen) atoms. The van der Waals surface area contributed by atoms with Crippen molar-refractivity contribution >= 4 is 17.9 Å². The molecule has 0 radical (unpaired) electrons. The van der Waals surface area contributed by atoms with Gasteiger partial charge in [-0.05, 0) is 19.3 Å². The van der Waals surface area contributed by atoms with Crippen LogP contribution in [0.2, 0.25) is 0 Å². The van der Waals surface area contributed by atoms with Crippen molar-refractivity contribution in [1.82, 2.24) is 0 Å². The zero-order valence-corrected chi connectivity index (χ0v) is 48.5. The van der Waals surface area contributed by atoms with Crippen LogP contribution in [0, 0.1) is 0 Å². The van der Waals surface area contributed by atoms with Crippen LogP contribution in [0.25, 0.3) is 0 Å². The van der Waals surface area contributed by atoms with Crippen molar-refractivity contribution in [3.05, 3.63) is 0 Å². The van der Waals surface area contributed by atoms with Gasteiger partial charge in [0.25, 0.3) is 0 Å². The van der Waals surface area contributed by atoms with E-state index in [1.165, 1.54) is 283 Å². The minimum Gasteiger partial charge on any atom is -0.462 e. The number of carbonyl (C=O) groups is 3. The number of esters is 3. The zero-order chi connectivity index (χ0) is 51.4. The van der Waals surface area contributed by atoms with Crippen molar-refractivity contribution in [2.45, 2.75) is 386 Å². The van der Waals surface area contributed by atoms with Crippen molar-refractivity contribution < 1.29 is 28.6 Å². The fraction of sp³-hybridized carbons (Fsp3) is 0.954. The normalized spacial score (nSPS) is 11.9. The van der Waals surface area contributed by atoms with Crippen LogP contribution < -0.4 is 0 Å². The molecule has 0 saturated heterocycles. The minimum absolute atomic E-state index is 0.0605. The molecule has 6 heteroatoms. The first kappa shape index (κ1) is 69.4. The van der Waals surface area contributed by atoms with Crippen molar-refractivity contribution in [2.24, 2.45) is 0 Å². The molecule has 1 unspecified atom stereocenters. The highest BCUT2D eigenvalue weighted by Crippen LogP contribution is 2.19. The second kappa shape index (κ2) is 61.0. The van der Waals surface area contributed by atoms with E-state index in [1.807, 2.05) is 0 Å². The lowest BCUT2D eigenvalue weighted by atomic mass is 10.0. The Balaban J connectivity index is 4.21. The molecule has 0 fully saturated rings. The van der Waals surface area contributed by atoms with Gasteiger partial charge in [0.1, 0.15) is 13.2 Å². The van der Waals surface area contributed by atoms with E-state index in [2.05, 4.69) is 20.8 Å². The lowest BCUT2D eigenvalue weighted by molar-refractivity contribution is -0.167. The van der Waals surface area contributed by atoms with Gasteiger partial charge in [0.2, 0.25) is 0 Å². The molecule has 0 aliphatic carbocycles. The first-order valence-electron chi connectivity index (χ1n) is 32.5. The van der Waals surface area contributed by atoms with Crippen LogP contribution in [0.4, 0.5) is 0 Å². The lowest BCUT2D eigenvalue weighted by Crippen LogP contribution is -2.30. The first-order chi connectivity index (χ1) is 35.0. The molecule has 0 aliphatic heterocycles. The predicted molar refractivity (Wildman–Crippen MR) is 307 cm³/mol. The van der Waals surface area contributed by atoms with Crippen molar-refractivity contribution in [1.29, 1.82) is 0 Å². The molecular weight excluding hydrogens is 877 g/mol. The van der Waals surface area contributed by atoms with Gasteiger partial charge >= 0.3 is 17.9 Å². The summed E-state index contributed by atoms with van der Waals surface area (Å²) in [5.41, 5.74) is 0. The summed E-state index contributed by atoms with van der Waals surface area (Å²) in [4.78, 5) is 38.3. The molecule has 0 rings (SSSR count). The monoisotopic (exact) mass is 1000 g/mol. The van der Waals surface area contributed by atoms with Gasteiger partial charge in [-0.15, -0.1) is 0 Å². The molecule has 422 valence electrons. The number of unbranched alkanes of at least 4 members (excludes halogenated alkanes) is 50. The third kappa shape index (κ3) is 59.2. The quantitative estimate of drug-likeness (QED) is 0.0343. The Bertz CT molecular complexity index is 1060. The van der Waals surface area contributed by atoms with E-state index in [9.17, 15) is 14.4 Å². The summed E-state index contributed by atoms with van der Waals surface area (Å²) in [7, 11) is 0. The van der Waals surface area contributed by atoms with E-state index >= 15 is 0 Å². The highest BCUT2D eigenvalue weighted by Gasteiger charge is 2.19. The van der Waals surface area contributed by atoms with E-state index in [1.54, 1.807) is 0 Å². The van der Waals surface area contributed by atoms with Gasteiger partial charge < -0.3 is 14.2 Å². The van der Waals surface area contributed by atoms with Crippen LogP contribution >= 0.6 is 0 Å². The Labute approximate surface area is 444 Å². The number of hydrogen-bond acceptors (Lipinski definition) is 6. The van der Waals surface area contributed by atoms with E-state index < -0.39 is 6.10 Å². The van der Waals surface area contributed by atoms with Gasteiger partial charge in [0, 0.05) is 19.3 Å². The van der Waals surface area contributed by atoms with Gasteiger partial charge in [-0.25, -0.2) is 0 Å². The fourth-order valence-electron chi connectivity index (χ4n) is 10.2. The number of ether oxygens (including phenoxy) is 3. The molecule has 0 aliphatic rings. The van der Waals surface area contributed by atoms with Gasteiger partial charge in [-0.2, -0.15) is 0 Å². The average Bonchev–Trinajstić information content (AvgIpc) is 3.37. The SMILES string of the molecule is CCCCCCCCCCCCCCCCCCCCCCCCCC(=O)OCC(COC(=O)CCCCCCCCCCCCCCC)OC(=O)CCCCCCCCCCCCCCCCCCC. The Morgan fingerprint density at radius 3 is 0.563 bits per heavy atom. The van der Waals surface area contributed by atoms with Crippen molar-refractivity contribution in [3.8, 4) is 0 Å². The van der Waals surface area contributed by atoms with Crippen LogP contribution in [-0.2, 0) is 28.6 Å². The second-order valence-electron chi connectivity index (χ2n) is 22.4. The van der Waals surface area contributed by atoms with E-state index in [4.69, 9.17) is 14.2 Å². The Morgan fingerprint density at radius 1 is 0.225 bits per heavy atom. The molecule has 6 nitrogen and oxygen atoms in total. The highest BCUT2D eigenvalue weighted by molar-refractivity contribution is 5.71. The number of carbonyl (C=O) groups excluding carboxylic acids is 3. The smallest absolute Gasteiger partial charge is 0.306 e. The van der Waals surface area contributed by atoms with Crippen LogP contribution in [-0.4, -0.2) is 37.2 Å². The molecule has 0 bridgehead atoms. The molecule has 0 aromatic carbocycles. The van der Waals surface area contributed by atoms with Crippen LogP contribution in [0.15, 0.2) is 0 Å². The molecule has 0 amide bonds. The van der Waals surface area contributed by atoms with Crippen LogP contribution in [0.5, 0.6) is 0 Å². The lowest BCUT2D eigenvalue weighted by Gasteiger charge is -2.18. The third-order valence-corrected chi connectivity index (χ3v) is 15.1. The van der Waals surface area contributed by atoms with Crippen molar-refractivity contribution in [2.75, 3.05) is 13.2 Å². The van der Waals surface area contributed by atoms with E-state index in [-0.39, 0.29) is 31.1 Å². The Hall–Kier alpha value is -1.59. The maximum absolute atomic E-state index is 12.9. The fourth-order valence-corrected chi connectivity index (χ4v) is 10.2. The number of hydrogen-bond donors (Lipinski definition) is 0. The molecule has 0 spiro atoms. The maximum Gasteiger partial charge on any atom is 0.306 e. The van der Waals surface area contributed by atoms with Gasteiger partial charge in [0.15, 0.2) is 6.10 Å². The molecule has 1 atom stereocenters. The first-order valence-corrected chi connectivity index (χ1v) is 32.5. The molecule has 0 saturated carbocycles. The second-order valence-corrected chi connectivity index (χ2v) is 22.4. The molecule has 0 heterocycles. The average molecular weight is 1000 g/mol. The van der Waals surface area contributed by atoms with E-state index in [0.717, 1.165) is 57.8 Å². The third-order valence-electron chi connectivity index (χ3n) is 15.1. The van der Waals surface area contributed by atoms with Crippen LogP contribution in [0.1, 0.15) is 380 Å². The summed E-state index contributed by atoms with van der Waals surface area (Å²) in [6.07, 6.45) is 69.7. The van der Waals surface area contributed by atoms with Gasteiger partial charge in [-0.1, -0.05) is 342 Å². The molecular formula is C65H126O6. The summed E-state index contributed by atoms with van der Waals surface area (Å²) in [6, 6.07) is 0. The topological polar surface area (TPSA) is 78.9 Å². The predicted octanol–water partition coefficient (Wildman–Crippen LogP) is 21.9. The van der Waals surface area contributed by atoms with Crippen LogP contribution in [0.3, 0.4) is 0 Å². The standard InChI is InChI=1S/C65H126O6/c1-4-7-10-13-16-19-22-25-27-29-30-31-32-33-34-36-37-40-43-46-49-52-55-58-64(67)70-61-62(60-69-63(66)57-54-51-48-45-42-39-24-21-18-15-12-9-6-3)71-65(68)59-56-53-50-47-44-41-38-35-28-26-23-20-17-14-11-8-5-2/h62H,4-61H2,1-3H3. The highest BCUT2D eigenvalue weighted by atomic mass is 16.6. The summed E-state index contributed by atoms with van der Waals surface area (Å²) in [5.74, 6) is -0.825. The summed E-state index contributed by atoms with van der Waals surface area (Å²) >= 11 is 0. The molecule has 0 N–H and O–H groups in total. The van der Waals surface area contributed by atoms with Gasteiger partial charge in [-0.3, -0.25) is 14.4 Å². The maximum atomic E-state index is 12.9. The molecule has 0 aromatic rings. The van der Waals surface area contributed by atoms with E-state index in [0.29, 0.717) is 19.3 Å².